The van der Waals surface area contributed by atoms with Crippen LogP contribution in [0.2, 0.25) is 0 Å². The zero-order chi connectivity index (χ0) is 12.4. The Morgan fingerprint density at radius 2 is 2.12 bits per heavy atom. The molecule has 0 spiro atoms. The van der Waals surface area contributed by atoms with Crippen LogP contribution in [-0.2, 0) is 9.59 Å². The molecule has 2 rings (SSSR count). The molecule has 2 heterocycles. The van der Waals surface area contributed by atoms with E-state index in [9.17, 15) is 9.59 Å². The maximum Gasteiger partial charge on any atom is 0.232 e. The number of rotatable bonds is 0. The molecular weight excluding hydrogens is 242 g/mol. The third-order valence-electron chi connectivity index (χ3n) is 1.86. The number of aliphatic imine (C=N–C) groups is 4. The van der Waals surface area contributed by atoms with Gasteiger partial charge in [0.05, 0.1) is 0 Å². The molecule has 17 heavy (non-hydrogen) atoms. The third kappa shape index (κ3) is 2.64. The van der Waals surface area contributed by atoms with E-state index < -0.39 is 6.04 Å². The zero-order valence-electron chi connectivity index (χ0n) is 9.17. The van der Waals surface area contributed by atoms with Crippen molar-refractivity contribution in [1.82, 2.24) is 5.32 Å². The second-order valence-electron chi connectivity index (χ2n) is 3.31. The summed E-state index contributed by atoms with van der Waals surface area (Å²) in [5.41, 5.74) is 0. The highest BCUT2D eigenvalue weighted by atomic mass is 32.2. The highest BCUT2D eigenvalue weighted by molar-refractivity contribution is 8.26. The summed E-state index contributed by atoms with van der Waals surface area (Å²) in [5, 5.41) is 2.83. The molecule has 0 aromatic heterocycles. The van der Waals surface area contributed by atoms with E-state index in [-0.39, 0.29) is 17.0 Å². The Morgan fingerprint density at radius 3 is 2.76 bits per heavy atom. The Morgan fingerprint density at radius 1 is 1.35 bits per heavy atom. The van der Waals surface area contributed by atoms with Crippen molar-refractivity contribution >= 4 is 46.0 Å². The van der Waals surface area contributed by atoms with Crippen molar-refractivity contribution in [3.8, 4) is 0 Å². The molecule has 8 heteroatoms. The number of amidine groups is 1. The predicted octanol–water partition coefficient (Wildman–Crippen LogP) is -0.0207. The summed E-state index contributed by atoms with van der Waals surface area (Å²) in [6.07, 6.45) is 1.37. The van der Waals surface area contributed by atoms with Crippen molar-refractivity contribution in [2.24, 2.45) is 20.0 Å². The Bertz CT molecular complexity index is 506. The van der Waals surface area contributed by atoms with Gasteiger partial charge >= 0.3 is 0 Å². The van der Waals surface area contributed by atoms with Crippen LogP contribution >= 0.6 is 11.8 Å². The summed E-state index contributed by atoms with van der Waals surface area (Å²) in [6, 6.07) is -0.415. The van der Waals surface area contributed by atoms with E-state index in [4.69, 9.17) is 0 Å². The fraction of sp³-hybridized carbons (Fsp3) is 0.333. The van der Waals surface area contributed by atoms with Crippen LogP contribution < -0.4 is 5.32 Å². The predicted molar refractivity (Wildman–Crippen MR) is 66.7 cm³/mol. The van der Waals surface area contributed by atoms with Gasteiger partial charge in [0, 0.05) is 13.8 Å². The lowest BCUT2D eigenvalue weighted by atomic mass is 10.3. The molecule has 0 bridgehead atoms. The van der Waals surface area contributed by atoms with Gasteiger partial charge in [-0.05, 0) is 11.8 Å². The topological polar surface area (TPSA) is 95.6 Å². The number of fused-ring (bicyclic) bond motifs is 1. The molecule has 1 atom stereocenters. The second kappa shape index (κ2) is 4.58. The largest absolute Gasteiger partial charge is 0.295 e. The van der Waals surface area contributed by atoms with Crippen LogP contribution in [0.15, 0.2) is 20.0 Å². The van der Waals surface area contributed by atoms with Crippen LogP contribution in [0.4, 0.5) is 0 Å². The molecule has 0 fully saturated rings. The average molecular weight is 251 g/mol. The van der Waals surface area contributed by atoms with Gasteiger partial charge in [-0.15, -0.1) is 0 Å². The number of nitrogens with zero attached hydrogens (tertiary/aromatic N) is 4. The fourth-order valence-electron chi connectivity index (χ4n) is 1.30. The van der Waals surface area contributed by atoms with E-state index in [0.29, 0.717) is 10.9 Å². The van der Waals surface area contributed by atoms with Crippen LogP contribution in [0.3, 0.4) is 0 Å². The fourth-order valence-corrected chi connectivity index (χ4v) is 2.00. The number of thioether (sulfide) groups is 1. The highest BCUT2D eigenvalue weighted by Gasteiger charge is 2.30. The number of carbonyl (C=O) groups is 2. The van der Waals surface area contributed by atoms with E-state index in [0.717, 1.165) is 11.8 Å². The summed E-state index contributed by atoms with van der Waals surface area (Å²) in [4.78, 5) is 38.2. The molecule has 2 aliphatic heterocycles. The molecule has 7 nitrogen and oxygen atoms in total. The normalized spacial score (nSPS) is 21.3. The Kier molecular flexibility index (Phi) is 3.14. The molecule has 0 aromatic carbocycles. The van der Waals surface area contributed by atoms with Gasteiger partial charge in [0.25, 0.3) is 0 Å². The van der Waals surface area contributed by atoms with Crippen molar-refractivity contribution in [3.63, 3.8) is 0 Å². The van der Waals surface area contributed by atoms with Crippen molar-refractivity contribution in [2.45, 2.75) is 19.9 Å². The van der Waals surface area contributed by atoms with Crippen LogP contribution in [-0.4, -0.2) is 40.2 Å². The van der Waals surface area contributed by atoms with Gasteiger partial charge in [0.2, 0.25) is 11.9 Å². The van der Waals surface area contributed by atoms with Crippen LogP contribution in [0.25, 0.3) is 0 Å². The van der Waals surface area contributed by atoms with Crippen LogP contribution in [0.1, 0.15) is 13.8 Å². The minimum absolute atomic E-state index is 0.103. The zero-order valence-corrected chi connectivity index (χ0v) is 9.98. The first-order valence-corrected chi connectivity index (χ1v) is 5.60. The summed E-state index contributed by atoms with van der Waals surface area (Å²) in [5.74, 6) is 0.298. The molecule has 0 aromatic rings. The molecule has 2 aliphatic rings. The van der Waals surface area contributed by atoms with Gasteiger partial charge in [-0.3, -0.25) is 19.9 Å². The first-order chi connectivity index (χ1) is 8.06. The Hall–Kier alpha value is -1.83. The molecular formula is C9H9N5O2S. The minimum atomic E-state index is -0.415. The maximum absolute atomic E-state index is 11.1. The van der Waals surface area contributed by atoms with Crippen molar-refractivity contribution in [1.29, 1.82) is 0 Å². The summed E-state index contributed by atoms with van der Waals surface area (Å²) >= 11 is 0.967. The lowest BCUT2D eigenvalue weighted by Crippen LogP contribution is -2.36. The van der Waals surface area contributed by atoms with Gasteiger partial charge in [0.1, 0.15) is 11.4 Å². The third-order valence-corrected chi connectivity index (χ3v) is 2.67. The first-order valence-electron chi connectivity index (χ1n) is 4.79. The number of hydrogen-bond acceptors (Lipinski definition) is 7. The summed E-state index contributed by atoms with van der Waals surface area (Å²) in [6.45, 7) is 2.79. The van der Waals surface area contributed by atoms with Gasteiger partial charge in [-0.2, -0.15) is 4.99 Å². The maximum atomic E-state index is 11.1. The lowest BCUT2D eigenvalue weighted by Gasteiger charge is -2.15. The molecule has 1 amide bonds. The summed E-state index contributed by atoms with van der Waals surface area (Å²) < 4.78 is 0. The standard InChI is InChI=1S/C9H9N5O2S/c1-4(15)12-9-13-7-6(10-3-11-7)8(14-9)17-5(2)16/h3,6H,1-2H3,(H,10,11,12,13,15). The highest BCUT2D eigenvalue weighted by Crippen LogP contribution is 2.19. The smallest absolute Gasteiger partial charge is 0.232 e. The lowest BCUT2D eigenvalue weighted by molar-refractivity contribution is -0.117. The molecule has 1 N–H and O–H groups in total. The SMILES string of the molecule is CC(=O)NC1=NC2=NC=NC2C(SC(C)=O)=N1. The van der Waals surface area contributed by atoms with Gasteiger partial charge in [0.15, 0.2) is 17.0 Å². The van der Waals surface area contributed by atoms with Crippen LogP contribution in [0, 0.1) is 0 Å². The number of amides is 1. The van der Waals surface area contributed by atoms with E-state index >= 15 is 0 Å². The van der Waals surface area contributed by atoms with Gasteiger partial charge in [-0.25, -0.2) is 9.98 Å². The molecule has 0 saturated heterocycles. The van der Waals surface area contributed by atoms with Crippen molar-refractivity contribution in [2.75, 3.05) is 0 Å². The monoisotopic (exact) mass is 251 g/mol. The second-order valence-corrected chi connectivity index (χ2v) is 4.51. The van der Waals surface area contributed by atoms with Crippen molar-refractivity contribution < 1.29 is 9.59 Å². The molecule has 1 unspecified atom stereocenters. The van der Waals surface area contributed by atoms with Gasteiger partial charge in [-0.1, -0.05) is 0 Å². The average Bonchev–Trinajstić information content (AvgIpc) is 2.63. The molecule has 0 saturated carbocycles. The Balaban J connectivity index is 2.28. The van der Waals surface area contributed by atoms with Crippen molar-refractivity contribution in [3.05, 3.63) is 0 Å². The van der Waals surface area contributed by atoms with E-state index in [1.807, 2.05) is 0 Å². The Labute approximate surface area is 101 Å². The minimum Gasteiger partial charge on any atom is -0.295 e. The number of nitrogens with one attached hydrogen (secondary N) is 1. The molecule has 0 aliphatic carbocycles. The van der Waals surface area contributed by atoms with Gasteiger partial charge < -0.3 is 0 Å². The number of hydrogen-bond donors (Lipinski definition) is 1. The number of carbonyl (C=O) groups excluding carboxylic acids is 2. The van der Waals surface area contributed by atoms with E-state index in [2.05, 4.69) is 25.3 Å². The number of guanidine groups is 1. The molecule has 0 radical (unpaired) electrons. The molecule has 88 valence electrons. The first kappa shape index (κ1) is 11.6. The summed E-state index contributed by atoms with van der Waals surface area (Å²) in [7, 11) is 0. The quantitative estimate of drug-likeness (QED) is 0.655. The van der Waals surface area contributed by atoms with Crippen LogP contribution in [0.5, 0.6) is 0 Å². The van der Waals surface area contributed by atoms with E-state index in [1.54, 1.807) is 0 Å². The van der Waals surface area contributed by atoms with E-state index in [1.165, 1.54) is 20.2 Å².